The smallest absolute Gasteiger partial charge is 0.234 e. The van der Waals surface area contributed by atoms with E-state index in [-0.39, 0.29) is 35.9 Å². The van der Waals surface area contributed by atoms with Crippen molar-refractivity contribution in [2.45, 2.75) is 57.5 Å². The van der Waals surface area contributed by atoms with Gasteiger partial charge >= 0.3 is 0 Å². The molecule has 0 radical (unpaired) electrons. The lowest BCUT2D eigenvalue weighted by Gasteiger charge is -2.49. The number of nitrogens with zero attached hydrogens (tertiary/aromatic N) is 4. The summed E-state index contributed by atoms with van der Waals surface area (Å²) in [6, 6.07) is 0.201. The van der Waals surface area contributed by atoms with Crippen LogP contribution in [0.5, 0.6) is 0 Å². The second-order valence-corrected chi connectivity index (χ2v) is 10.5. The maximum absolute atomic E-state index is 12.0. The highest BCUT2D eigenvalue weighted by atomic mass is 127. The van der Waals surface area contributed by atoms with E-state index in [1.807, 2.05) is 20.9 Å². The van der Waals surface area contributed by atoms with Crippen LogP contribution in [0.15, 0.2) is 4.99 Å². The third-order valence-electron chi connectivity index (χ3n) is 6.74. The molecule has 7 nitrogen and oxygen atoms in total. The summed E-state index contributed by atoms with van der Waals surface area (Å²) >= 11 is 2.09. The van der Waals surface area contributed by atoms with Crippen LogP contribution >= 0.6 is 35.7 Å². The molecule has 9 heteroatoms. The number of aliphatic imine (C=N–C) groups is 1. The predicted molar refractivity (Wildman–Crippen MR) is 143 cm³/mol. The number of piperazine rings is 1. The molecular weight excluding hydrogens is 523 g/mol. The minimum absolute atomic E-state index is 0. The van der Waals surface area contributed by atoms with Crippen molar-refractivity contribution < 1.29 is 4.79 Å². The lowest BCUT2D eigenvalue weighted by molar-refractivity contribution is -0.123. The number of rotatable bonds is 6. The normalized spacial score (nSPS) is 23.4. The number of thioether (sulfide) groups is 1. The second-order valence-electron chi connectivity index (χ2n) is 9.27. The predicted octanol–water partition coefficient (Wildman–Crippen LogP) is 2.07. The Kier molecular flexibility index (Phi) is 11.7. The topological polar surface area (TPSA) is 63.2 Å². The first kappa shape index (κ1) is 27.0. The monoisotopic (exact) mass is 566 g/mol. The summed E-state index contributed by atoms with van der Waals surface area (Å²) in [7, 11) is 1.90. The van der Waals surface area contributed by atoms with E-state index in [1.54, 1.807) is 0 Å². The molecule has 180 valence electrons. The summed E-state index contributed by atoms with van der Waals surface area (Å²) in [4.78, 5) is 24.0. The Bertz CT molecular complexity index is 570. The van der Waals surface area contributed by atoms with Crippen molar-refractivity contribution in [3.8, 4) is 0 Å². The van der Waals surface area contributed by atoms with Gasteiger partial charge in [0.25, 0.3) is 0 Å². The molecule has 0 atom stereocenters. The molecule has 0 unspecified atom stereocenters. The Balaban J connectivity index is 0.00000341. The van der Waals surface area contributed by atoms with Crippen LogP contribution in [0.3, 0.4) is 0 Å². The molecule has 0 aromatic carbocycles. The van der Waals surface area contributed by atoms with Gasteiger partial charge in [0.1, 0.15) is 0 Å². The molecule has 3 fully saturated rings. The molecular formula is C22H43IN6OS. The molecule has 2 heterocycles. The van der Waals surface area contributed by atoms with Gasteiger partial charge in [-0.2, -0.15) is 11.8 Å². The van der Waals surface area contributed by atoms with Gasteiger partial charge in [0.05, 0.1) is 6.54 Å². The van der Waals surface area contributed by atoms with Crippen molar-refractivity contribution >= 4 is 47.6 Å². The number of guanidine groups is 1. The fourth-order valence-electron chi connectivity index (χ4n) is 5.12. The highest BCUT2D eigenvalue weighted by molar-refractivity contribution is 14.0. The molecule has 1 saturated carbocycles. The number of hydrogen-bond acceptors (Lipinski definition) is 5. The van der Waals surface area contributed by atoms with E-state index < -0.39 is 0 Å². The van der Waals surface area contributed by atoms with Crippen molar-refractivity contribution in [2.24, 2.45) is 4.99 Å². The van der Waals surface area contributed by atoms with Crippen LogP contribution in [-0.2, 0) is 4.79 Å². The zero-order valence-corrected chi connectivity index (χ0v) is 22.8. The van der Waals surface area contributed by atoms with Gasteiger partial charge in [0, 0.05) is 75.9 Å². The Hall–Kier alpha value is -0.260. The van der Waals surface area contributed by atoms with E-state index in [1.165, 1.54) is 56.7 Å². The molecule has 31 heavy (non-hydrogen) atoms. The van der Waals surface area contributed by atoms with Crippen molar-refractivity contribution in [3.05, 3.63) is 0 Å². The van der Waals surface area contributed by atoms with E-state index in [0.29, 0.717) is 12.1 Å². The fraction of sp³-hybridized carbons (Fsp3) is 0.909. The molecule has 3 rings (SSSR count). The first-order chi connectivity index (χ1) is 14.5. The molecule has 2 aliphatic heterocycles. The van der Waals surface area contributed by atoms with E-state index in [2.05, 4.69) is 42.1 Å². The van der Waals surface area contributed by atoms with Crippen LogP contribution in [0, 0.1) is 0 Å². The number of halogens is 1. The van der Waals surface area contributed by atoms with Gasteiger partial charge in [-0.15, -0.1) is 24.0 Å². The Morgan fingerprint density at radius 3 is 2.26 bits per heavy atom. The number of carbonyl (C=O) groups is 1. The molecule has 2 N–H and O–H groups in total. The van der Waals surface area contributed by atoms with Gasteiger partial charge in [0.2, 0.25) is 5.91 Å². The third-order valence-corrected chi connectivity index (χ3v) is 7.68. The van der Waals surface area contributed by atoms with Gasteiger partial charge in [-0.05, 0) is 26.7 Å². The summed E-state index contributed by atoms with van der Waals surface area (Å²) in [6.07, 6.45) is 6.69. The fourth-order valence-corrected chi connectivity index (χ4v) is 6.02. The molecule has 2 saturated heterocycles. The highest BCUT2D eigenvalue weighted by Crippen LogP contribution is 2.34. The third kappa shape index (κ3) is 7.92. The minimum atomic E-state index is 0. The molecule has 0 aromatic rings. The lowest BCUT2D eigenvalue weighted by atomic mass is 9.80. The van der Waals surface area contributed by atoms with E-state index >= 15 is 0 Å². The number of nitrogens with one attached hydrogen (secondary N) is 2. The summed E-state index contributed by atoms with van der Waals surface area (Å²) in [5, 5.41) is 6.75. The van der Waals surface area contributed by atoms with Crippen LogP contribution in [0.2, 0.25) is 0 Å². The SMILES string of the molecule is CN=C(NCC1(N2CCSCC2)CCCCC1)N1CCN(CC(=O)NC(C)C)CC1.I. The van der Waals surface area contributed by atoms with Gasteiger partial charge < -0.3 is 15.5 Å². The lowest BCUT2D eigenvalue weighted by Crippen LogP contribution is -2.61. The molecule has 3 aliphatic rings. The first-order valence-corrected chi connectivity index (χ1v) is 13.0. The van der Waals surface area contributed by atoms with E-state index in [4.69, 9.17) is 0 Å². The summed E-state index contributed by atoms with van der Waals surface area (Å²) in [6.45, 7) is 11.6. The van der Waals surface area contributed by atoms with Crippen LogP contribution in [-0.4, -0.2) is 109 Å². The maximum atomic E-state index is 12.0. The summed E-state index contributed by atoms with van der Waals surface area (Å²) < 4.78 is 0. The Morgan fingerprint density at radius 2 is 1.68 bits per heavy atom. The van der Waals surface area contributed by atoms with E-state index in [0.717, 1.165) is 38.7 Å². The quantitative estimate of drug-likeness (QED) is 0.292. The zero-order chi connectivity index (χ0) is 21.4. The second kappa shape index (κ2) is 13.4. The molecule has 1 amide bonds. The van der Waals surface area contributed by atoms with Crippen LogP contribution < -0.4 is 10.6 Å². The molecule has 0 aromatic heterocycles. The molecule has 1 aliphatic carbocycles. The molecule has 0 spiro atoms. The average Bonchev–Trinajstić information content (AvgIpc) is 2.76. The van der Waals surface area contributed by atoms with E-state index in [9.17, 15) is 4.79 Å². The maximum Gasteiger partial charge on any atom is 0.234 e. The van der Waals surface area contributed by atoms with Gasteiger partial charge in [-0.3, -0.25) is 19.6 Å². The Labute approximate surface area is 210 Å². The summed E-state index contributed by atoms with van der Waals surface area (Å²) in [5.74, 6) is 3.68. The molecule has 0 bridgehead atoms. The van der Waals surface area contributed by atoms with Gasteiger partial charge in [0.15, 0.2) is 5.96 Å². The van der Waals surface area contributed by atoms with Crippen molar-refractivity contribution in [1.29, 1.82) is 0 Å². The Morgan fingerprint density at radius 1 is 1.03 bits per heavy atom. The number of carbonyl (C=O) groups excluding carboxylic acids is 1. The standard InChI is InChI=1S/C22H42N6OS.HI/c1-19(2)25-20(29)17-26-9-11-27(12-10-26)21(23-3)24-18-22(7-5-4-6-8-22)28-13-15-30-16-14-28;/h19H,4-18H2,1-3H3,(H,23,24)(H,25,29);1H. The zero-order valence-electron chi connectivity index (χ0n) is 19.7. The van der Waals surface area contributed by atoms with Crippen molar-refractivity contribution in [2.75, 3.05) is 70.9 Å². The average molecular weight is 567 g/mol. The number of amides is 1. The van der Waals surface area contributed by atoms with Crippen LogP contribution in [0.25, 0.3) is 0 Å². The van der Waals surface area contributed by atoms with Gasteiger partial charge in [-0.25, -0.2) is 0 Å². The van der Waals surface area contributed by atoms with Crippen molar-refractivity contribution in [1.82, 2.24) is 25.3 Å². The minimum Gasteiger partial charge on any atom is -0.354 e. The summed E-state index contributed by atoms with van der Waals surface area (Å²) in [5.41, 5.74) is 0.298. The van der Waals surface area contributed by atoms with Crippen LogP contribution in [0.4, 0.5) is 0 Å². The highest BCUT2D eigenvalue weighted by Gasteiger charge is 2.38. The van der Waals surface area contributed by atoms with Crippen LogP contribution in [0.1, 0.15) is 46.0 Å². The van der Waals surface area contributed by atoms with Gasteiger partial charge in [-0.1, -0.05) is 19.3 Å². The largest absolute Gasteiger partial charge is 0.354 e. The first-order valence-electron chi connectivity index (χ1n) is 11.8. The van der Waals surface area contributed by atoms with Crippen molar-refractivity contribution in [3.63, 3.8) is 0 Å². The number of hydrogen-bond donors (Lipinski definition) is 2.